The van der Waals surface area contributed by atoms with Crippen molar-refractivity contribution in [2.75, 3.05) is 6.16 Å². The molecule has 0 aromatic rings. The molecule has 0 atom stereocenters. The zero-order chi connectivity index (χ0) is 11.1. The van der Waals surface area contributed by atoms with Gasteiger partial charge in [-0.05, 0) is 37.5 Å². The van der Waals surface area contributed by atoms with Gasteiger partial charge in [-0.3, -0.25) is 4.57 Å². The first-order valence-corrected chi connectivity index (χ1v) is 7.60. The maximum Gasteiger partial charge on any atom is 0.327 e. The highest BCUT2D eigenvalue weighted by Crippen LogP contribution is 2.63. The fourth-order valence-electron chi connectivity index (χ4n) is 2.30. The summed E-state index contributed by atoms with van der Waals surface area (Å²) in [5.74, 6) is 0.556. The summed E-state index contributed by atoms with van der Waals surface area (Å²) in [7, 11) is -4.06. The van der Waals surface area contributed by atoms with Crippen LogP contribution in [-0.2, 0) is 4.57 Å². The van der Waals surface area contributed by atoms with Crippen molar-refractivity contribution in [2.45, 2.75) is 30.4 Å². The highest BCUT2D eigenvalue weighted by Gasteiger charge is 2.58. The average molecular weight is 251 g/mol. The molecule has 0 spiro atoms. The Morgan fingerprint density at radius 1 is 1.27 bits per heavy atom. The van der Waals surface area contributed by atoms with E-state index in [9.17, 15) is 9.47 Å². The van der Waals surface area contributed by atoms with E-state index in [0.717, 1.165) is 37.6 Å². The van der Waals surface area contributed by atoms with Crippen molar-refractivity contribution in [3.05, 3.63) is 4.91 Å². The molecule has 0 aliphatic heterocycles. The Morgan fingerprint density at radius 2 is 1.73 bits per heavy atom. The molecule has 2 N–H and O–H groups in total. The van der Waals surface area contributed by atoms with Gasteiger partial charge in [0.25, 0.3) is 0 Å². The normalized spacial score (nSPS) is 22.8. The molecule has 86 valence electrons. The zero-order valence-corrected chi connectivity index (χ0v) is 9.91. The molecule has 5 nitrogen and oxygen atoms in total. The van der Waals surface area contributed by atoms with E-state index < -0.39 is 12.3 Å². The van der Waals surface area contributed by atoms with Gasteiger partial charge in [0.2, 0.25) is 0 Å². The van der Waals surface area contributed by atoms with Gasteiger partial charge in [0.05, 0.1) is 10.9 Å². The number of hydrogen-bond donors (Lipinski definition) is 2. The minimum absolute atomic E-state index is 0.189. The molecule has 2 aliphatic rings. The molecular weight excluding hydrogens is 237 g/mol. The maximum atomic E-state index is 11.1. The molecule has 0 amide bonds. The molecule has 2 fully saturated rings. The van der Waals surface area contributed by atoms with Crippen molar-refractivity contribution in [3.8, 4) is 0 Å². The van der Waals surface area contributed by atoms with Gasteiger partial charge >= 0.3 is 7.60 Å². The van der Waals surface area contributed by atoms with E-state index in [2.05, 4.69) is 4.58 Å². The van der Waals surface area contributed by atoms with Crippen molar-refractivity contribution in [2.24, 2.45) is 16.4 Å². The standard InChI is InChI=1S/C8H14NO4PS/c10-9-15-8(6-1-2-6,7-3-4-7)5-14(11,12)13/h6-7H,1-5H2,(H2,11,12,13). The molecule has 15 heavy (non-hydrogen) atoms. The lowest BCUT2D eigenvalue weighted by molar-refractivity contribution is 0.355. The molecule has 0 radical (unpaired) electrons. The maximum absolute atomic E-state index is 11.1. The average Bonchev–Trinajstić information content (AvgIpc) is 2.96. The lowest BCUT2D eigenvalue weighted by atomic mass is 9.99. The van der Waals surface area contributed by atoms with Gasteiger partial charge in [0.1, 0.15) is 0 Å². The largest absolute Gasteiger partial charge is 0.327 e. The van der Waals surface area contributed by atoms with Crippen molar-refractivity contribution in [1.29, 1.82) is 0 Å². The summed E-state index contributed by atoms with van der Waals surface area (Å²) < 4.78 is 13.4. The molecule has 7 heteroatoms. The van der Waals surface area contributed by atoms with Gasteiger partial charge in [0.15, 0.2) is 0 Å². The Labute approximate surface area is 92.3 Å². The van der Waals surface area contributed by atoms with Crippen LogP contribution in [0.5, 0.6) is 0 Å². The van der Waals surface area contributed by atoms with Crippen LogP contribution in [-0.4, -0.2) is 20.7 Å². The third-order valence-corrected chi connectivity index (χ3v) is 5.57. The molecule has 0 saturated heterocycles. The molecular formula is C8H14NO4PS. The minimum Gasteiger partial charge on any atom is -0.324 e. The summed E-state index contributed by atoms with van der Waals surface area (Å²) in [6.07, 6.45) is 3.70. The highest BCUT2D eigenvalue weighted by molar-refractivity contribution is 7.99. The van der Waals surface area contributed by atoms with Crippen LogP contribution >= 0.6 is 19.5 Å². The molecule has 0 aromatic heterocycles. The molecule has 0 aromatic carbocycles. The van der Waals surface area contributed by atoms with E-state index in [1.54, 1.807) is 0 Å². The Bertz CT molecular complexity index is 298. The van der Waals surface area contributed by atoms with Crippen molar-refractivity contribution < 1.29 is 14.4 Å². The summed E-state index contributed by atoms with van der Waals surface area (Å²) in [5.41, 5.74) is 0. The number of hydrogen-bond acceptors (Lipinski definition) is 4. The minimum atomic E-state index is -4.06. The van der Waals surface area contributed by atoms with E-state index in [1.165, 1.54) is 0 Å². The number of rotatable bonds is 6. The summed E-state index contributed by atoms with van der Waals surface area (Å²) >= 11 is 0.869. The van der Waals surface area contributed by atoms with Crippen LogP contribution in [0.1, 0.15) is 25.7 Å². The molecule has 2 saturated carbocycles. The summed E-state index contributed by atoms with van der Waals surface area (Å²) in [5, 5.41) is 0. The SMILES string of the molecule is O=NSC(CP(=O)(O)O)(C1CC1)C1CC1. The second-order valence-electron chi connectivity index (χ2n) is 4.49. The van der Waals surface area contributed by atoms with Gasteiger partial charge in [-0.25, -0.2) is 0 Å². The lowest BCUT2D eigenvalue weighted by Crippen LogP contribution is -2.34. The molecule has 0 heterocycles. The molecule has 2 aliphatic carbocycles. The summed E-state index contributed by atoms with van der Waals surface area (Å²) in [4.78, 5) is 28.6. The smallest absolute Gasteiger partial charge is 0.324 e. The van der Waals surface area contributed by atoms with Crippen molar-refractivity contribution >= 4 is 19.5 Å². The predicted octanol–water partition coefficient (Wildman–Crippen LogP) is 2.14. The third-order valence-electron chi connectivity index (χ3n) is 3.20. The van der Waals surface area contributed by atoms with Gasteiger partial charge in [-0.2, -0.15) is 0 Å². The lowest BCUT2D eigenvalue weighted by Gasteiger charge is -2.30. The second kappa shape index (κ2) is 3.84. The fraction of sp³-hybridized carbons (Fsp3) is 1.00. The first-order valence-electron chi connectivity index (χ1n) is 5.03. The van der Waals surface area contributed by atoms with Gasteiger partial charge in [-0.15, -0.1) is 4.91 Å². The highest BCUT2D eigenvalue weighted by atomic mass is 32.2. The Balaban J connectivity index is 2.18. The molecule has 0 unspecified atom stereocenters. The first-order chi connectivity index (χ1) is 6.98. The van der Waals surface area contributed by atoms with Crippen molar-refractivity contribution in [1.82, 2.24) is 0 Å². The monoisotopic (exact) mass is 251 g/mol. The van der Waals surface area contributed by atoms with Gasteiger partial charge in [-0.1, -0.05) is 0 Å². The Hall–Kier alpha value is 0.1000. The topological polar surface area (TPSA) is 87.0 Å². The van der Waals surface area contributed by atoms with Crippen LogP contribution in [0.25, 0.3) is 0 Å². The summed E-state index contributed by atoms with van der Waals surface area (Å²) in [6.45, 7) is 0. The van der Waals surface area contributed by atoms with Gasteiger partial charge in [0, 0.05) is 16.5 Å². The van der Waals surface area contributed by atoms with E-state index in [-0.39, 0.29) is 18.0 Å². The number of nitroso groups, excluding NO2 is 1. The van der Waals surface area contributed by atoms with E-state index in [0.29, 0.717) is 0 Å². The number of nitrogens with zero attached hydrogens (tertiary/aromatic N) is 1. The van der Waals surface area contributed by atoms with Crippen LogP contribution in [0.15, 0.2) is 4.58 Å². The van der Waals surface area contributed by atoms with Crippen LogP contribution in [0.3, 0.4) is 0 Å². The predicted molar refractivity (Wildman–Crippen MR) is 58.5 cm³/mol. The van der Waals surface area contributed by atoms with Gasteiger partial charge < -0.3 is 9.79 Å². The Kier molecular flexibility index (Phi) is 2.97. The van der Waals surface area contributed by atoms with Crippen LogP contribution < -0.4 is 0 Å². The second-order valence-corrected chi connectivity index (χ2v) is 7.23. The summed E-state index contributed by atoms with van der Waals surface area (Å²) in [6, 6.07) is 0. The molecule has 0 bridgehead atoms. The van der Waals surface area contributed by atoms with Crippen molar-refractivity contribution in [3.63, 3.8) is 0 Å². The zero-order valence-electron chi connectivity index (χ0n) is 8.20. The third kappa shape index (κ3) is 2.61. The fourth-order valence-corrected chi connectivity index (χ4v) is 5.11. The quantitative estimate of drug-likeness (QED) is 0.429. The first kappa shape index (κ1) is 11.6. The van der Waals surface area contributed by atoms with Crippen LogP contribution in [0.4, 0.5) is 0 Å². The van der Waals surface area contributed by atoms with E-state index in [1.807, 2.05) is 0 Å². The van der Waals surface area contributed by atoms with E-state index in [4.69, 9.17) is 9.79 Å². The Morgan fingerprint density at radius 3 is 2.00 bits per heavy atom. The molecule has 2 rings (SSSR count). The van der Waals surface area contributed by atoms with E-state index >= 15 is 0 Å². The van der Waals surface area contributed by atoms with Crippen LogP contribution in [0, 0.1) is 16.7 Å². The van der Waals surface area contributed by atoms with Crippen LogP contribution in [0.2, 0.25) is 0 Å².